The molecule has 0 radical (unpaired) electrons. The van der Waals surface area contributed by atoms with Crippen LogP contribution in [0.3, 0.4) is 0 Å². The number of carbonyl (C=O) groups excluding carboxylic acids is 1. The summed E-state index contributed by atoms with van der Waals surface area (Å²) in [5, 5.41) is 12.0. The van der Waals surface area contributed by atoms with Gasteiger partial charge < -0.3 is 19.6 Å². The number of phenols is 1. The van der Waals surface area contributed by atoms with E-state index in [4.69, 9.17) is 14.7 Å². The number of ether oxygens (including phenoxy) is 1. The normalized spacial score (nSPS) is 25.8. The van der Waals surface area contributed by atoms with E-state index in [0.717, 1.165) is 71.0 Å². The van der Waals surface area contributed by atoms with E-state index in [-0.39, 0.29) is 41.5 Å². The SMILES string of the molecule is O=C1c2c(nc(OC[C@@]34CCCN3C[C@H](F)C4)nc2N2CCCCCC2)CN1c1cc(O)cc2ccc(F)c(C3CC3)c12. The Kier molecular flexibility index (Phi) is 6.47. The lowest BCUT2D eigenvalue weighted by molar-refractivity contribution is 0.0996. The largest absolute Gasteiger partial charge is 0.508 e. The molecule has 2 atom stereocenters. The fourth-order valence-electron chi connectivity index (χ4n) is 7.99. The molecule has 43 heavy (non-hydrogen) atoms. The summed E-state index contributed by atoms with van der Waals surface area (Å²) < 4.78 is 35.9. The summed E-state index contributed by atoms with van der Waals surface area (Å²) in [6.07, 6.45) is 7.56. The quantitative estimate of drug-likeness (QED) is 0.387. The van der Waals surface area contributed by atoms with Crippen molar-refractivity contribution in [1.29, 1.82) is 0 Å². The van der Waals surface area contributed by atoms with Crippen molar-refractivity contribution in [3.63, 3.8) is 0 Å². The van der Waals surface area contributed by atoms with Crippen molar-refractivity contribution in [1.82, 2.24) is 14.9 Å². The molecule has 8 nitrogen and oxygen atoms in total. The molecule has 0 spiro atoms. The summed E-state index contributed by atoms with van der Waals surface area (Å²) >= 11 is 0. The number of halogens is 2. The summed E-state index contributed by atoms with van der Waals surface area (Å²) in [6, 6.07) is 6.52. The van der Waals surface area contributed by atoms with E-state index >= 15 is 4.39 Å². The van der Waals surface area contributed by atoms with Gasteiger partial charge in [0.25, 0.3) is 5.91 Å². The average Bonchev–Trinajstić information content (AvgIpc) is 3.66. The lowest BCUT2D eigenvalue weighted by atomic mass is 9.95. The Morgan fingerprint density at radius 3 is 2.65 bits per heavy atom. The third kappa shape index (κ3) is 4.60. The van der Waals surface area contributed by atoms with Gasteiger partial charge in [0.05, 0.1) is 23.5 Å². The lowest BCUT2D eigenvalue weighted by Gasteiger charge is -2.31. The van der Waals surface area contributed by atoms with Gasteiger partial charge in [-0.05, 0) is 68.5 Å². The van der Waals surface area contributed by atoms with Gasteiger partial charge in [-0.1, -0.05) is 18.9 Å². The van der Waals surface area contributed by atoms with Gasteiger partial charge in [-0.3, -0.25) is 9.69 Å². The number of carbonyl (C=O) groups is 1. The topological polar surface area (TPSA) is 82.0 Å². The third-order valence-electron chi connectivity index (χ3n) is 10.2. The molecule has 8 rings (SSSR count). The van der Waals surface area contributed by atoms with E-state index in [1.165, 1.54) is 6.07 Å². The number of anilines is 2. The van der Waals surface area contributed by atoms with Crippen LogP contribution in [0.2, 0.25) is 0 Å². The Bertz CT molecular complexity index is 1610. The third-order valence-corrected chi connectivity index (χ3v) is 10.2. The van der Waals surface area contributed by atoms with Gasteiger partial charge in [-0.25, -0.2) is 8.78 Å². The predicted octanol–water partition coefficient (Wildman–Crippen LogP) is 5.85. The van der Waals surface area contributed by atoms with Gasteiger partial charge in [0.15, 0.2) is 0 Å². The molecule has 1 aliphatic carbocycles. The number of nitrogens with zero attached hydrogens (tertiary/aromatic N) is 5. The molecule has 10 heteroatoms. The second-order valence-corrected chi connectivity index (χ2v) is 13.1. The van der Waals surface area contributed by atoms with Gasteiger partial charge in [-0.15, -0.1) is 0 Å². The zero-order valence-corrected chi connectivity index (χ0v) is 24.3. The zero-order chi connectivity index (χ0) is 29.3. The van der Waals surface area contributed by atoms with Gasteiger partial charge in [0, 0.05) is 43.1 Å². The number of fused-ring (bicyclic) bond motifs is 3. The maximum absolute atomic E-state index is 15.2. The van der Waals surface area contributed by atoms with E-state index < -0.39 is 6.17 Å². The Morgan fingerprint density at radius 2 is 1.86 bits per heavy atom. The number of amides is 1. The van der Waals surface area contributed by atoms with E-state index in [1.807, 2.05) is 0 Å². The number of phenolic OH excluding ortho intramolecular Hbond substituents is 1. The number of alkyl halides is 1. The van der Waals surface area contributed by atoms with Crippen LogP contribution in [0, 0.1) is 5.82 Å². The van der Waals surface area contributed by atoms with Crippen molar-refractivity contribution in [2.75, 3.05) is 42.6 Å². The van der Waals surface area contributed by atoms with Gasteiger partial charge in [0.2, 0.25) is 0 Å². The van der Waals surface area contributed by atoms with Crippen LogP contribution in [0.15, 0.2) is 24.3 Å². The number of rotatable bonds is 6. The molecule has 3 aromatic rings. The molecule has 1 amide bonds. The van der Waals surface area contributed by atoms with Gasteiger partial charge in [0.1, 0.15) is 35.7 Å². The molecular formula is C33H37F2N5O3. The molecule has 5 heterocycles. The van der Waals surface area contributed by atoms with Crippen molar-refractivity contribution < 1.29 is 23.4 Å². The molecule has 0 unspecified atom stereocenters. The van der Waals surface area contributed by atoms with Crippen molar-refractivity contribution in [3.05, 3.63) is 46.9 Å². The average molecular weight is 590 g/mol. The maximum atomic E-state index is 15.2. The van der Waals surface area contributed by atoms with Crippen molar-refractivity contribution in [2.45, 2.75) is 82.0 Å². The molecule has 3 saturated heterocycles. The molecule has 226 valence electrons. The first-order valence-corrected chi connectivity index (χ1v) is 15.8. The minimum absolute atomic E-state index is 0.0190. The Balaban J connectivity index is 1.20. The minimum Gasteiger partial charge on any atom is -0.508 e. The fourth-order valence-corrected chi connectivity index (χ4v) is 7.99. The summed E-state index contributed by atoms with van der Waals surface area (Å²) in [5.41, 5.74) is 1.77. The minimum atomic E-state index is -0.855. The number of hydrogen-bond donors (Lipinski definition) is 1. The van der Waals surface area contributed by atoms with Crippen LogP contribution in [-0.4, -0.2) is 70.4 Å². The summed E-state index contributed by atoms with van der Waals surface area (Å²) in [7, 11) is 0. The lowest BCUT2D eigenvalue weighted by Crippen LogP contribution is -2.43. The van der Waals surface area contributed by atoms with Crippen LogP contribution >= 0.6 is 0 Å². The van der Waals surface area contributed by atoms with E-state index in [0.29, 0.717) is 58.7 Å². The Hall–Kier alpha value is -3.53. The monoisotopic (exact) mass is 589 g/mol. The van der Waals surface area contributed by atoms with Crippen molar-refractivity contribution in [3.8, 4) is 11.8 Å². The fraction of sp³-hybridized carbons (Fsp3) is 0.545. The second kappa shape index (κ2) is 10.3. The smallest absolute Gasteiger partial charge is 0.318 e. The summed E-state index contributed by atoms with van der Waals surface area (Å²) in [5.74, 6) is 0.159. The highest BCUT2D eigenvalue weighted by Gasteiger charge is 2.49. The highest BCUT2D eigenvalue weighted by Crippen LogP contribution is 2.49. The summed E-state index contributed by atoms with van der Waals surface area (Å²) in [4.78, 5) is 29.9. The first-order chi connectivity index (χ1) is 20.9. The van der Waals surface area contributed by atoms with Crippen molar-refractivity contribution >= 4 is 28.2 Å². The van der Waals surface area contributed by atoms with Crippen LogP contribution < -0.4 is 14.5 Å². The molecular weight excluding hydrogens is 552 g/mol. The predicted molar refractivity (Wildman–Crippen MR) is 159 cm³/mol. The summed E-state index contributed by atoms with van der Waals surface area (Å²) in [6.45, 7) is 3.35. The molecule has 4 fully saturated rings. The molecule has 5 aliphatic rings. The second-order valence-electron chi connectivity index (χ2n) is 13.1. The first kappa shape index (κ1) is 27.0. The number of benzene rings is 2. The van der Waals surface area contributed by atoms with Crippen LogP contribution in [0.5, 0.6) is 11.8 Å². The van der Waals surface area contributed by atoms with Crippen molar-refractivity contribution in [2.24, 2.45) is 0 Å². The van der Waals surface area contributed by atoms with E-state index in [1.54, 1.807) is 23.1 Å². The maximum Gasteiger partial charge on any atom is 0.318 e. The van der Waals surface area contributed by atoms with Gasteiger partial charge in [-0.2, -0.15) is 9.97 Å². The highest BCUT2D eigenvalue weighted by molar-refractivity contribution is 6.16. The number of aromatic nitrogens is 2. The zero-order valence-electron chi connectivity index (χ0n) is 24.3. The van der Waals surface area contributed by atoms with Crippen LogP contribution in [0.4, 0.5) is 20.3 Å². The van der Waals surface area contributed by atoms with E-state index in [9.17, 15) is 14.3 Å². The Morgan fingerprint density at radius 1 is 1.05 bits per heavy atom. The molecule has 0 bridgehead atoms. The Labute approximate surface area is 249 Å². The molecule has 2 aromatic carbocycles. The molecule has 1 aromatic heterocycles. The molecule has 1 N–H and O–H groups in total. The molecule has 1 saturated carbocycles. The standard InChI is InChI=1S/C33H37F2N5O3/c34-22-16-33(10-5-13-39(33)17-22)19-43-32-36-25-18-40(31(42)29(25)30(37-32)38-11-3-1-2-4-12-38)26-15-23(41)14-21-8-9-24(35)27(28(21)26)20-6-7-20/h8-9,14-15,20,22,41H,1-7,10-13,16-19H2/t22-,33+/m1/s1. The number of aromatic hydroxyl groups is 1. The van der Waals surface area contributed by atoms with Gasteiger partial charge >= 0.3 is 6.01 Å². The first-order valence-electron chi connectivity index (χ1n) is 15.8. The highest BCUT2D eigenvalue weighted by atomic mass is 19.1. The molecule has 4 aliphatic heterocycles. The van der Waals surface area contributed by atoms with Crippen LogP contribution in [-0.2, 0) is 6.54 Å². The van der Waals surface area contributed by atoms with E-state index in [2.05, 4.69) is 9.80 Å². The number of hydrogen-bond acceptors (Lipinski definition) is 7. The van der Waals surface area contributed by atoms with Crippen LogP contribution in [0.25, 0.3) is 10.8 Å². The van der Waals surface area contributed by atoms with Crippen LogP contribution in [0.1, 0.15) is 85.3 Å².